The fraction of sp³-hybridized carbons (Fsp3) is 0.471. The molecule has 0 fully saturated rings. The van der Waals surface area contributed by atoms with Crippen molar-refractivity contribution in [3.8, 4) is 0 Å². The van der Waals surface area contributed by atoms with Gasteiger partial charge < -0.3 is 0 Å². The summed E-state index contributed by atoms with van der Waals surface area (Å²) < 4.78 is 12.9. The molecule has 0 saturated heterocycles. The molecule has 0 aliphatic rings. The summed E-state index contributed by atoms with van der Waals surface area (Å²) in [6.07, 6.45) is 5.01. The molecule has 0 amide bonds. The lowest BCUT2D eigenvalue weighted by atomic mass is 9.90. The highest BCUT2D eigenvalue weighted by Gasteiger charge is 2.12. The van der Waals surface area contributed by atoms with E-state index in [-0.39, 0.29) is 5.82 Å². The predicted octanol–water partition coefficient (Wildman–Crippen LogP) is 5.17. The Kier molecular flexibility index (Phi) is 6.48. The second kappa shape index (κ2) is 7.88. The molecule has 1 nitrogen and oxygen atoms in total. The fourth-order valence-electron chi connectivity index (χ4n) is 2.36. The third-order valence-electron chi connectivity index (χ3n) is 3.41. The first-order chi connectivity index (χ1) is 9.08. The van der Waals surface area contributed by atoms with Crippen LogP contribution in [0.1, 0.15) is 46.1 Å². The SMILES string of the molecule is CC=N/C(C)=C(/Cc1ccc(F)cc1)C(C)CCC. The van der Waals surface area contributed by atoms with Gasteiger partial charge in [0.1, 0.15) is 5.82 Å². The van der Waals surface area contributed by atoms with Crippen LogP contribution in [0.25, 0.3) is 0 Å². The average molecular weight is 261 g/mol. The van der Waals surface area contributed by atoms with E-state index in [1.54, 1.807) is 0 Å². The second-order valence-corrected chi connectivity index (χ2v) is 4.99. The van der Waals surface area contributed by atoms with Gasteiger partial charge in [0.15, 0.2) is 0 Å². The molecule has 1 aromatic carbocycles. The number of halogens is 1. The van der Waals surface area contributed by atoms with Gasteiger partial charge in [-0.05, 0) is 55.9 Å². The molecule has 1 atom stereocenters. The molecule has 0 spiro atoms. The normalized spacial score (nSPS) is 14.6. The van der Waals surface area contributed by atoms with Crippen molar-refractivity contribution in [1.29, 1.82) is 0 Å². The molecule has 0 aromatic heterocycles. The molecule has 0 saturated carbocycles. The minimum atomic E-state index is -0.181. The Labute approximate surface area is 116 Å². The number of rotatable bonds is 6. The van der Waals surface area contributed by atoms with E-state index < -0.39 is 0 Å². The Morgan fingerprint density at radius 3 is 2.47 bits per heavy atom. The maximum atomic E-state index is 12.9. The molecule has 0 radical (unpaired) electrons. The maximum Gasteiger partial charge on any atom is 0.123 e. The van der Waals surface area contributed by atoms with Crippen molar-refractivity contribution in [2.75, 3.05) is 0 Å². The summed E-state index contributed by atoms with van der Waals surface area (Å²) in [5, 5.41) is 0. The van der Waals surface area contributed by atoms with E-state index in [0.717, 1.165) is 30.5 Å². The Morgan fingerprint density at radius 2 is 1.95 bits per heavy atom. The number of hydrogen-bond acceptors (Lipinski definition) is 1. The summed E-state index contributed by atoms with van der Waals surface area (Å²) in [6.45, 7) is 8.44. The van der Waals surface area contributed by atoms with Crippen molar-refractivity contribution in [3.05, 3.63) is 46.9 Å². The zero-order valence-electron chi connectivity index (χ0n) is 12.4. The smallest absolute Gasteiger partial charge is 0.123 e. The molecule has 104 valence electrons. The number of allylic oxidation sites excluding steroid dienone is 2. The largest absolute Gasteiger partial charge is 0.266 e. The van der Waals surface area contributed by atoms with Crippen LogP contribution >= 0.6 is 0 Å². The zero-order chi connectivity index (χ0) is 14.3. The van der Waals surface area contributed by atoms with E-state index in [0.29, 0.717) is 5.92 Å². The number of hydrogen-bond donors (Lipinski definition) is 0. The molecule has 1 unspecified atom stereocenters. The zero-order valence-corrected chi connectivity index (χ0v) is 12.4. The van der Waals surface area contributed by atoms with Crippen LogP contribution in [0.15, 0.2) is 40.5 Å². The molecule has 0 N–H and O–H groups in total. The lowest BCUT2D eigenvalue weighted by molar-refractivity contribution is 0.582. The fourth-order valence-corrected chi connectivity index (χ4v) is 2.36. The molecule has 0 heterocycles. The second-order valence-electron chi connectivity index (χ2n) is 4.99. The molecule has 0 bridgehead atoms. The van der Waals surface area contributed by atoms with E-state index in [4.69, 9.17) is 0 Å². The van der Waals surface area contributed by atoms with E-state index in [1.807, 2.05) is 25.3 Å². The summed E-state index contributed by atoms with van der Waals surface area (Å²) in [5.41, 5.74) is 3.59. The van der Waals surface area contributed by atoms with E-state index in [2.05, 4.69) is 25.8 Å². The molecular formula is C17H24FN. The number of aliphatic imine (C=N–C) groups is 1. The van der Waals surface area contributed by atoms with Crippen LogP contribution in [0, 0.1) is 11.7 Å². The highest BCUT2D eigenvalue weighted by atomic mass is 19.1. The standard InChI is InChI=1S/C17H24FN/c1-5-7-13(3)17(14(4)19-6-2)12-15-8-10-16(18)11-9-15/h6,8-11,13H,5,7,12H2,1-4H3/b17-14-,19-6?. The summed E-state index contributed by atoms with van der Waals surface area (Å²) in [4.78, 5) is 4.42. The first-order valence-corrected chi connectivity index (χ1v) is 7.01. The monoisotopic (exact) mass is 261 g/mol. The molecule has 0 aliphatic heterocycles. The van der Waals surface area contributed by atoms with Gasteiger partial charge in [-0.25, -0.2) is 4.39 Å². The van der Waals surface area contributed by atoms with Gasteiger partial charge in [-0.1, -0.05) is 32.4 Å². The van der Waals surface area contributed by atoms with Crippen molar-refractivity contribution in [1.82, 2.24) is 0 Å². The van der Waals surface area contributed by atoms with Gasteiger partial charge in [-0.3, -0.25) is 4.99 Å². The Bertz CT molecular complexity index is 443. The van der Waals surface area contributed by atoms with Gasteiger partial charge in [0.05, 0.1) is 0 Å². The maximum absolute atomic E-state index is 12.9. The van der Waals surface area contributed by atoms with Gasteiger partial charge in [0.2, 0.25) is 0 Å². The van der Waals surface area contributed by atoms with E-state index in [1.165, 1.54) is 17.7 Å². The summed E-state index contributed by atoms with van der Waals surface area (Å²) in [7, 11) is 0. The first-order valence-electron chi connectivity index (χ1n) is 7.01. The topological polar surface area (TPSA) is 12.4 Å². The lowest BCUT2D eigenvalue weighted by Crippen LogP contribution is -2.05. The van der Waals surface area contributed by atoms with Gasteiger partial charge in [-0.15, -0.1) is 0 Å². The molecular weight excluding hydrogens is 237 g/mol. The van der Waals surface area contributed by atoms with E-state index in [9.17, 15) is 4.39 Å². The van der Waals surface area contributed by atoms with Gasteiger partial charge in [0.25, 0.3) is 0 Å². The molecule has 0 aliphatic carbocycles. The van der Waals surface area contributed by atoms with Crippen molar-refractivity contribution in [2.45, 2.75) is 47.0 Å². The van der Waals surface area contributed by atoms with Crippen LogP contribution in [-0.4, -0.2) is 6.21 Å². The van der Waals surface area contributed by atoms with Crippen LogP contribution in [0.5, 0.6) is 0 Å². The third kappa shape index (κ3) is 4.98. The predicted molar refractivity (Wildman–Crippen MR) is 81.0 cm³/mol. The number of benzene rings is 1. The molecule has 2 heteroatoms. The highest BCUT2D eigenvalue weighted by molar-refractivity contribution is 5.55. The average Bonchev–Trinajstić information content (AvgIpc) is 2.38. The van der Waals surface area contributed by atoms with Crippen molar-refractivity contribution in [2.24, 2.45) is 10.9 Å². The molecule has 19 heavy (non-hydrogen) atoms. The highest BCUT2D eigenvalue weighted by Crippen LogP contribution is 2.25. The Morgan fingerprint density at radius 1 is 1.32 bits per heavy atom. The van der Waals surface area contributed by atoms with Gasteiger partial charge >= 0.3 is 0 Å². The van der Waals surface area contributed by atoms with Crippen molar-refractivity contribution in [3.63, 3.8) is 0 Å². The minimum Gasteiger partial charge on any atom is -0.266 e. The third-order valence-corrected chi connectivity index (χ3v) is 3.41. The van der Waals surface area contributed by atoms with Crippen molar-refractivity contribution >= 4 is 6.21 Å². The Balaban J connectivity index is 2.97. The van der Waals surface area contributed by atoms with Gasteiger partial charge in [-0.2, -0.15) is 0 Å². The van der Waals surface area contributed by atoms with Crippen LogP contribution in [0.4, 0.5) is 4.39 Å². The van der Waals surface area contributed by atoms with Gasteiger partial charge in [0, 0.05) is 11.9 Å². The van der Waals surface area contributed by atoms with Crippen LogP contribution in [-0.2, 0) is 6.42 Å². The van der Waals surface area contributed by atoms with Crippen LogP contribution in [0.2, 0.25) is 0 Å². The van der Waals surface area contributed by atoms with E-state index >= 15 is 0 Å². The molecule has 1 aromatic rings. The lowest BCUT2D eigenvalue weighted by Gasteiger charge is -2.17. The molecule has 1 rings (SSSR count). The minimum absolute atomic E-state index is 0.181. The first kappa shape index (κ1) is 15.6. The van der Waals surface area contributed by atoms with Crippen molar-refractivity contribution < 1.29 is 4.39 Å². The van der Waals surface area contributed by atoms with Crippen LogP contribution < -0.4 is 0 Å². The summed E-state index contributed by atoms with van der Waals surface area (Å²) in [6, 6.07) is 6.76. The number of nitrogens with zero attached hydrogens (tertiary/aromatic N) is 1. The summed E-state index contributed by atoms with van der Waals surface area (Å²) in [5.74, 6) is 0.331. The summed E-state index contributed by atoms with van der Waals surface area (Å²) >= 11 is 0. The Hall–Kier alpha value is -1.44. The van der Waals surface area contributed by atoms with Crippen LogP contribution in [0.3, 0.4) is 0 Å². The quantitative estimate of drug-likeness (QED) is 0.626.